The number of hydrogen-bond acceptors (Lipinski definition) is 17. The summed E-state index contributed by atoms with van der Waals surface area (Å²) in [6.07, 6.45) is -0.0789. The third kappa shape index (κ3) is 9.73. The Labute approximate surface area is 348 Å². The van der Waals surface area contributed by atoms with Crippen molar-refractivity contribution in [2.45, 2.75) is 116 Å². The van der Waals surface area contributed by atoms with Crippen LogP contribution in [0.3, 0.4) is 0 Å². The van der Waals surface area contributed by atoms with Gasteiger partial charge in [0.2, 0.25) is 5.91 Å². The summed E-state index contributed by atoms with van der Waals surface area (Å²) in [6.45, 7) is 19.4. The summed E-state index contributed by atoms with van der Waals surface area (Å²) in [5.41, 5.74) is -2.19. The van der Waals surface area contributed by atoms with E-state index in [1.54, 1.807) is 64.6 Å². The molecule has 17 nitrogen and oxygen atoms in total. The van der Waals surface area contributed by atoms with Gasteiger partial charge < -0.3 is 34.3 Å². The largest absolute Gasteiger partial charge is 0.461 e. The fraction of sp³-hybridized carbons (Fsp3) is 0.553. The molecular formula is C38H49N7O10S3. The van der Waals surface area contributed by atoms with Crippen molar-refractivity contribution in [3.63, 3.8) is 0 Å². The summed E-state index contributed by atoms with van der Waals surface area (Å²) in [6, 6.07) is -2.77. The number of ether oxygens (including phenoxy) is 5. The molecule has 314 valence electrons. The maximum atomic E-state index is 14.2. The number of esters is 2. The van der Waals surface area contributed by atoms with Gasteiger partial charge in [-0.1, -0.05) is 12.7 Å². The van der Waals surface area contributed by atoms with Gasteiger partial charge in [0, 0.05) is 16.1 Å². The molecule has 2 aliphatic heterocycles. The van der Waals surface area contributed by atoms with Crippen LogP contribution in [-0.4, -0.2) is 98.9 Å². The molecule has 20 heteroatoms. The van der Waals surface area contributed by atoms with E-state index in [1.165, 1.54) is 40.6 Å². The van der Waals surface area contributed by atoms with Gasteiger partial charge >= 0.3 is 24.1 Å². The number of carbonyl (C=O) groups excluding carboxylic acids is 5. The van der Waals surface area contributed by atoms with Gasteiger partial charge in [0.25, 0.3) is 0 Å². The number of nitrogens with one attached hydrogen (secondary N) is 2. The molecular weight excluding hydrogens is 811 g/mol. The summed E-state index contributed by atoms with van der Waals surface area (Å²) in [7, 11) is 0. The number of amides is 3. The van der Waals surface area contributed by atoms with E-state index in [4.69, 9.17) is 38.6 Å². The van der Waals surface area contributed by atoms with Crippen molar-refractivity contribution in [3.05, 3.63) is 60.9 Å². The Kier molecular flexibility index (Phi) is 13.8. The van der Waals surface area contributed by atoms with Crippen LogP contribution >= 0.6 is 34.0 Å². The SMILES string of the molecule is C=CCOC(=O)N[C@@H](C)C(=O)N[C@]1(c2nc(C(=O)OCC)cs2)CCC(c2nc(C(=O)OCC)cs2)=N[C@H]1c1csc([C@@H]2[C@@H](C)OC(C)(C)N2C(=O)OC(C)(C)C)n1. The highest BCUT2D eigenvalue weighted by Crippen LogP contribution is 2.49. The molecule has 3 amide bonds. The van der Waals surface area contributed by atoms with Crippen LogP contribution in [0.1, 0.15) is 129 Å². The Morgan fingerprint density at radius 3 is 2.29 bits per heavy atom. The zero-order chi connectivity index (χ0) is 42.6. The zero-order valence-corrected chi connectivity index (χ0v) is 36.4. The van der Waals surface area contributed by atoms with Gasteiger partial charge in [-0.3, -0.25) is 14.7 Å². The van der Waals surface area contributed by atoms with Gasteiger partial charge in [-0.15, -0.1) is 34.0 Å². The molecule has 0 aliphatic carbocycles. The first kappa shape index (κ1) is 44.3. The monoisotopic (exact) mass is 859 g/mol. The summed E-state index contributed by atoms with van der Waals surface area (Å²) < 4.78 is 27.6. The third-order valence-corrected chi connectivity index (χ3v) is 11.8. The number of rotatable bonds is 13. The van der Waals surface area contributed by atoms with Gasteiger partial charge in [0.05, 0.1) is 30.7 Å². The molecule has 0 unspecified atom stereocenters. The minimum Gasteiger partial charge on any atom is -0.461 e. The minimum absolute atomic E-state index is 0.0355. The van der Waals surface area contributed by atoms with Gasteiger partial charge in [0.1, 0.15) is 56.6 Å². The quantitative estimate of drug-likeness (QED) is 0.107. The second-order valence-electron chi connectivity index (χ2n) is 14.9. The van der Waals surface area contributed by atoms with E-state index in [0.29, 0.717) is 26.4 Å². The first-order chi connectivity index (χ1) is 27.3. The predicted octanol–water partition coefficient (Wildman–Crippen LogP) is 6.48. The van der Waals surface area contributed by atoms with E-state index < -0.39 is 71.1 Å². The van der Waals surface area contributed by atoms with E-state index in [0.717, 1.165) is 11.3 Å². The van der Waals surface area contributed by atoms with Gasteiger partial charge in [-0.2, -0.15) is 0 Å². The summed E-state index contributed by atoms with van der Waals surface area (Å²) in [5, 5.41) is 11.9. The molecule has 5 rings (SSSR count). The van der Waals surface area contributed by atoms with E-state index in [1.807, 2.05) is 6.92 Å². The number of nitrogens with zero attached hydrogens (tertiary/aromatic N) is 5. The van der Waals surface area contributed by atoms with Crippen molar-refractivity contribution in [1.82, 2.24) is 30.5 Å². The lowest BCUT2D eigenvalue weighted by atomic mass is 9.80. The van der Waals surface area contributed by atoms with Gasteiger partial charge in [0.15, 0.2) is 11.4 Å². The van der Waals surface area contributed by atoms with Crippen LogP contribution in [0.2, 0.25) is 0 Å². The molecule has 0 spiro atoms. The lowest BCUT2D eigenvalue weighted by Gasteiger charge is -2.41. The van der Waals surface area contributed by atoms with Crippen LogP contribution in [0, 0.1) is 0 Å². The smallest absolute Gasteiger partial charge is 0.413 e. The number of alkyl carbamates (subject to hydrolysis) is 1. The van der Waals surface area contributed by atoms with E-state index >= 15 is 0 Å². The average Bonchev–Trinajstić information content (AvgIpc) is 3.96. The van der Waals surface area contributed by atoms with Crippen LogP contribution in [0.4, 0.5) is 9.59 Å². The highest BCUT2D eigenvalue weighted by Gasteiger charge is 2.53. The van der Waals surface area contributed by atoms with Crippen molar-refractivity contribution in [2.75, 3.05) is 19.8 Å². The lowest BCUT2D eigenvalue weighted by molar-refractivity contribution is -0.125. The number of hydrogen-bond donors (Lipinski definition) is 2. The van der Waals surface area contributed by atoms with Crippen molar-refractivity contribution >= 4 is 69.8 Å². The summed E-state index contributed by atoms with van der Waals surface area (Å²) >= 11 is 3.63. The molecule has 0 bridgehead atoms. The summed E-state index contributed by atoms with van der Waals surface area (Å²) in [5.74, 6) is -1.82. The molecule has 2 N–H and O–H groups in total. The number of aliphatic imine (C=N–C) groups is 1. The van der Waals surface area contributed by atoms with Gasteiger partial charge in [-0.25, -0.2) is 34.1 Å². The Hall–Kier alpha value is -4.79. The Morgan fingerprint density at radius 1 is 1.00 bits per heavy atom. The van der Waals surface area contributed by atoms with Crippen LogP contribution in [0.25, 0.3) is 0 Å². The molecule has 5 heterocycles. The van der Waals surface area contributed by atoms with Crippen LogP contribution < -0.4 is 10.6 Å². The van der Waals surface area contributed by atoms with E-state index in [9.17, 15) is 24.0 Å². The Bertz CT molecular complexity index is 2050. The van der Waals surface area contributed by atoms with Crippen LogP contribution in [-0.2, 0) is 34.0 Å². The van der Waals surface area contributed by atoms with E-state index in [2.05, 4.69) is 22.2 Å². The predicted molar refractivity (Wildman–Crippen MR) is 216 cm³/mol. The Morgan fingerprint density at radius 2 is 1.66 bits per heavy atom. The fourth-order valence-corrected chi connectivity index (χ4v) is 9.37. The second-order valence-corrected chi connectivity index (χ2v) is 17.5. The molecule has 2 aliphatic rings. The van der Waals surface area contributed by atoms with Crippen molar-refractivity contribution in [2.24, 2.45) is 4.99 Å². The van der Waals surface area contributed by atoms with Crippen molar-refractivity contribution in [1.29, 1.82) is 0 Å². The molecule has 0 radical (unpaired) electrons. The Balaban J connectivity index is 1.66. The standard InChI is InChI=1S/C38H49N7O10S3/c1-11-16-53-34(49)39-20(4)28(46)44-38(33-43-25(19-58-33)32(48)52-13-3)15-14-22(29-42-24(18-56-29)31(47)51-12-2)40-27(38)23-17-57-30(41-23)26-21(5)54-37(9,10)45(26)35(50)55-36(6,7)8/h11,17-21,26-27H,1,12-16H2,2-10H3,(H,39,49)(H,44,46)/t20-,21+,26-,27-,38+/m0/s1. The maximum absolute atomic E-state index is 14.2. The molecule has 58 heavy (non-hydrogen) atoms. The first-order valence-corrected chi connectivity index (χ1v) is 21.3. The van der Waals surface area contributed by atoms with Crippen LogP contribution in [0.15, 0.2) is 33.8 Å². The molecule has 3 aromatic rings. The zero-order valence-electron chi connectivity index (χ0n) is 33.9. The van der Waals surface area contributed by atoms with Crippen LogP contribution in [0.5, 0.6) is 0 Å². The third-order valence-electron chi connectivity index (χ3n) is 8.96. The molecule has 5 atom stereocenters. The fourth-order valence-electron chi connectivity index (χ4n) is 6.54. The maximum Gasteiger partial charge on any atom is 0.413 e. The summed E-state index contributed by atoms with van der Waals surface area (Å²) in [4.78, 5) is 86.9. The lowest BCUT2D eigenvalue weighted by Crippen LogP contribution is -2.56. The number of aromatic nitrogens is 3. The molecule has 0 aromatic carbocycles. The van der Waals surface area contributed by atoms with Gasteiger partial charge in [-0.05, 0) is 75.2 Å². The number of thiazole rings is 3. The topological polar surface area (TPSA) is 210 Å². The first-order valence-electron chi connectivity index (χ1n) is 18.7. The minimum atomic E-state index is -1.45. The normalized spacial score (nSPS) is 22.0. The molecule has 0 saturated carbocycles. The molecule has 1 saturated heterocycles. The molecule has 3 aromatic heterocycles. The molecule has 1 fully saturated rings. The van der Waals surface area contributed by atoms with Crippen molar-refractivity contribution in [3.8, 4) is 0 Å². The van der Waals surface area contributed by atoms with E-state index in [-0.39, 0.29) is 44.1 Å². The average molecular weight is 860 g/mol. The van der Waals surface area contributed by atoms with Crippen molar-refractivity contribution < 1.29 is 47.7 Å². The second kappa shape index (κ2) is 18.0. The highest BCUT2D eigenvalue weighted by atomic mass is 32.1. The number of carbonyl (C=O) groups is 5. The highest BCUT2D eigenvalue weighted by molar-refractivity contribution is 7.12.